The maximum Gasteiger partial charge on any atom is 0.313 e. The fourth-order valence-electron chi connectivity index (χ4n) is 0.682. The first-order valence-corrected chi connectivity index (χ1v) is 3.63. The van der Waals surface area contributed by atoms with Gasteiger partial charge < -0.3 is 4.74 Å². The predicted molar refractivity (Wildman–Crippen MR) is 37.1 cm³/mol. The molecule has 1 unspecified atom stereocenters. The summed E-state index contributed by atoms with van der Waals surface area (Å²) in [6, 6.07) is 0. The number of esters is 1. The molecular formula is C6H7BrO2. The van der Waals surface area contributed by atoms with E-state index in [0.717, 1.165) is 5.57 Å². The Morgan fingerprint density at radius 3 is 2.78 bits per heavy atom. The molecule has 1 saturated heterocycles. The summed E-state index contributed by atoms with van der Waals surface area (Å²) >= 11 is 3.15. The van der Waals surface area contributed by atoms with Gasteiger partial charge >= 0.3 is 5.97 Å². The molecule has 0 aromatic rings. The lowest BCUT2D eigenvalue weighted by Gasteiger charge is -1.92. The molecule has 0 aromatic carbocycles. The van der Waals surface area contributed by atoms with Crippen LogP contribution in [-0.4, -0.2) is 12.6 Å². The third-order valence-electron chi connectivity index (χ3n) is 1.43. The molecule has 1 rings (SSSR count). The molecule has 0 spiro atoms. The molecule has 1 atom stereocenters. The summed E-state index contributed by atoms with van der Waals surface area (Å²) in [5.41, 5.74) is 1.01. The molecule has 0 radical (unpaired) electrons. The van der Waals surface area contributed by atoms with Crippen LogP contribution in [0.5, 0.6) is 0 Å². The van der Waals surface area contributed by atoms with E-state index in [2.05, 4.69) is 15.9 Å². The van der Waals surface area contributed by atoms with Crippen molar-refractivity contribution in [2.45, 2.75) is 6.92 Å². The van der Waals surface area contributed by atoms with Crippen LogP contribution in [0.4, 0.5) is 0 Å². The minimum Gasteiger partial charge on any atom is -0.461 e. The van der Waals surface area contributed by atoms with Crippen LogP contribution in [0.15, 0.2) is 10.6 Å². The number of hydrogen-bond acceptors (Lipinski definition) is 2. The lowest BCUT2D eigenvalue weighted by Crippen LogP contribution is -2.02. The Morgan fingerprint density at radius 1 is 1.89 bits per heavy atom. The number of carbonyl (C=O) groups excluding carboxylic acids is 1. The Balaban J connectivity index is 2.73. The normalized spacial score (nSPS) is 31.1. The fourth-order valence-corrected chi connectivity index (χ4v) is 1.21. The lowest BCUT2D eigenvalue weighted by atomic mass is 10.1. The van der Waals surface area contributed by atoms with Gasteiger partial charge in [0.15, 0.2) is 0 Å². The lowest BCUT2D eigenvalue weighted by molar-refractivity contribution is -0.140. The van der Waals surface area contributed by atoms with E-state index in [-0.39, 0.29) is 11.9 Å². The topological polar surface area (TPSA) is 26.3 Å². The van der Waals surface area contributed by atoms with E-state index in [1.165, 1.54) is 0 Å². The summed E-state index contributed by atoms with van der Waals surface area (Å²) in [6.45, 7) is 2.29. The van der Waals surface area contributed by atoms with Crippen LogP contribution in [0, 0.1) is 5.92 Å². The average Bonchev–Trinajstić information content (AvgIpc) is 2.15. The van der Waals surface area contributed by atoms with Crippen molar-refractivity contribution in [3.05, 3.63) is 10.6 Å². The van der Waals surface area contributed by atoms with Crippen LogP contribution in [-0.2, 0) is 9.53 Å². The minimum atomic E-state index is -0.124. The quantitative estimate of drug-likeness (QED) is 0.541. The summed E-state index contributed by atoms with van der Waals surface area (Å²) in [5, 5.41) is 0. The Kier molecular flexibility index (Phi) is 1.90. The summed E-state index contributed by atoms with van der Waals surface area (Å²) in [7, 11) is 0. The summed E-state index contributed by atoms with van der Waals surface area (Å²) < 4.78 is 4.73. The largest absolute Gasteiger partial charge is 0.461 e. The molecule has 0 aliphatic carbocycles. The van der Waals surface area contributed by atoms with Crippen molar-refractivity contribution in [2.75, 3.05) is 6.61 Å². The molecule has 0 bridgehead atoms. The number of hydrogen-bond donors (Lipinski definition) is 0. The highest BCUT2D eigenvalue weighted by molar-refractivity contribution is 9.11. The van der Waals surface area contributed by atoms with Crippen molar-refractivity contribution in [1.29, 1.82) is 0 Å². The smallest absolute Gasteiger partial charge is 0.313 e. The third-order valence-corrected chi connectivity index (χ3v) is 2.02. The molecule has 0 N–H and O–H groups in total. The van der Waals surface area contributed by atoms with Crippen molar-refractivity contribution in [3.8, 4) is 0 Å². The van der Waals surface area contributed by atoms with Crippen molar-refractivity contribution >= 4 is 21.9 Å². The number of rotatable bonds is 0. The molecule has 3 heteroatoms. The van der Waals surface area contributed by atoms with E-state index in [0.29, 0.717) is 6.61 Å². The first-order chi connectivity index (χ1) is 4.25. The predicted octanol–water partition coefficient (Wildman–Crippen LogP) is 1.46. The maximum absolute atomic E-state index is 10.7. The van der Waals surface area contributed by atoms with Gasteiger partial charge in [0.2, 0.25) is 0 Å². The third kappa shape index (κ3) is 1.15. The number of cyclic esters (lactones) is 1. The molecule has 1 aliphatic heterocycles. The molecule has 1 heterocycles. The average molecular weight is 191 g/mol. The first-order valence-electron chi connectivity index (χ1n) is 2.71. The van der Waals surface area contributed by atoms with Crippen LogP contribution in [0.25, 0.3) is 0 Å². The van der Waals surface area contributed by atoms with Crippen LogP contribution in [0.3, 0.4) is 0 Å². The van der Waals surface area contributed by atoms with E-state index in [4.69, 9.17) is 4.74 Å². The Bertz CT molecular complexity index is 162. The summed E-state index contributed by atoms with van der Waals surface area (Å²) in [4.78, 5) is 12.4. The van der Waals surface area contributed by atoms with Crippen LogP contribution in [0.1, 0.15) is 6.92 Å². The van der Waals surface area contributed by atoms with Gasteiger partial charge in [0.1, 0.15) is 6.61 Å². The van der Waals surface area contributed by atoms with Gasteiger partial charge in [0.25, 0.3) is 0 Å². The highest BCUT2D eigenvalue weighted by Crippen LogP contribution is 2.21. The molecule has 0 amide bonds. The second kappa shape index (κ2) is 2.52. The molecule has 1 aliphatic rings. The number of halogens is 1. The highest BCUT2D eigenvalue weighted by Gasteiger charge is 2.26. The molecule has 0 aromatic heterocycles. The van der Waals surface area contributed by atoms with Crippen molar-refractivity contribution < 1.29 is 9.53 Å². The van der Waals surface area contributed by atoms with Crippen molar-refractivity contribution in [2.24, 2.45) is 5.92 Å². The van der Waals surface area contributed by atoms with Gasteiger partial charge in [0, 0.05) is 0 Å². The van der Waals surface area contributed by atoms with E-state index < -0.39 is 0 Å². The standard InChI is InChI=1S/C6H7BrO2/c1-4-5(2-7)3-9-6(4)8/h2,4H,3H2,1H3. The molecular weight excluding hydrogens is 184 g/mol. The number of carbonyl (C=O) groups is 1. The molecule has 50 valence electrons. The van der Waals surface area contributed by atoms with Gasteiger partial charge in [-0.2, -0.15) is 0 Å². The zero-order chi connectivity index (χ0) is 6.85. The van der Waals surface area contributed by atoms with Crippen LogP contribution in [0.2, 0.25) is 0 Å². The molecule has 0 saturated carbocycles. The van der Waals surface area contributed by atoms with E-state index >= 15 is 0 Å². The fraction of sp³-hybridized carbons (Fsp3) is 0.500. The van der Waals surface area contributed by atoms with Crippen molar-refractivity contribution in [3.63, 3.8) is 0 Å². The molecule has 9 heavy (non-hydrogen) atoms. The second-order valence-corrected chi connectivity index (χ2v) is 2.47. The summed E-state index contributed by atoms with van der Waals surface area (Å²) in [6.07, 6.45) is 0. The van der Waals surface area contributed by atoms with Gasteiger partial charge in [-0.25, -0.2) is 0 Å². The molecule has 1 fully saturated rings. The van der Waals surface area contributed by atoms with Gasteiger partial charge in [-0.15, -0.1) is 0 Å². The number of ether oxygens (including phenoxy) is 1. The van der Waals surface area contributed by atoms with Crippen LogP contribution < -0.4 is 0 Å². The monoisotopic (exact) mass is 190 g/mol. The second-order valence-electron chi connectivity index (χ2n) is 2.01. The Morgan fingerprint density at radius 2 is 2.56 bits per heavy atom. The van der Waals surface area contributed by atoms with Gasteiger partial charge in [-0.1, -0.05) is 15.9 Å². The van der Waals surface area contributed by atoms with E-state index in [1.807, 2.05) is 6.92 Å². The zero-order valence-electron chi connectivity index (χ0n) is 5.06. The maximum atomic E-state index is 10.7. The van der Waals surface area contributed by atoms with Gasteiger partial charge in [-0.3, -0.25) is 4.79 Å². The Hall–Kier alpha value is -0.310. The minimum absolute atomic E-state index is 0.0515. The first kappa shape index (κ1) is 6.81. The molecule has 2 nitrogen and oxygen atoms in total. The van der Waals surface area contributed by atoms with Gasteiger partial charge in [0.05, 0.1) is 5.92 Å². The van der Waals surface area contributed by atoms with Gasteiger partial charge in [-0.05, 0) is 17.5 Å². The summed E-state index contributed by atoms with van der Waals surface area (Å²) in [5.74, 6) is -0.176. The van der Waals surface area contributed by atoms with E-state index in [1.54, 1.807) is 4.99 Å². The van der Waals surface area contributed by atoms with Crippen molar-refractivity contribution in [1.82, 2.24) is 0 Å². The Labute approximate surface area is 62.0 Å². The highest BCUT2D eigenvalue weighted by atomic mass is 79.9. The van der Waals surface area contributed by atoms with Crippen LogP contribution >= 0.6 is 15.9 Å². The SMILES string of the molecule is CC1C(=O)OCC1=CBr. The van der Waals surface area contributed by atoms with E-state index in [9.17, 15) is 4.79 Å². The zero-order valence-corrected chi connectivity index (χ0v) is 6.64.